The molecule has 0 bridgehead atoms. The van der Waals surface area contributed by atoms with Crippen molar-refractivity contribution in [3.8, 4) is 0 Å². The third kappa shape index (κ3) is 57.6. The van der Waals surface area contributed by atoms with Gasteiger partial charge in [-0.2, -0.15) is 0 Å². The highest BCUT2D eigenvalue weighted by molar-refractivity contribution is 5.71. The first-order valence-electron chi connectivity index (χ1n) is 30.4. The lowest BCUT2D eigenvalue weighted by Gasteiger charge is -2.18. The number of allylic oxidation sites excluding steroid dienone is 12. The summed E-state index contributed by atoms with van der Waals surface area (Å²) in [5, 5.41) is 0. The molecule has 6 heteroatoms. The van der Waals surface area contributed by atoms with Crippen molar-refractivity contribution in [2.24, 2.45) is 0 Å². The monoisotopic (exact) mass is 991 g/mol. The lowest BCUT2D eigenvalue weighted by atomic mass is 10.0. The van der Waals surface area contributed by atoms with Crippen molar-refractivity contribution in [1.82, 2.24) is 0 Å². The molecule has 0 radical (unpaired) electrons. The second kappa shape index (κ2) is 59.4. The van der Waals surface area contributed by atoms with Gasteiger partial charge in [-0.05, 0) is 89.9 Å². The van der Waals surface area contributed by atoms with Crippen LogP contribution in [-0.2, 0) is 28.6 Å². The van der Waals surface area contributed by atoms with E-state index in [0.717, 1.165) is 96.3 Å². The maximum atomic E-state index is 12.8. The average molecular weight is 992 g/mol. The molecule has 1 atom stereocenters. The molecule has 0 aliphatic carbocycles. The Bertz CT molecular complexity index is 1320. The molecule has 0 aromatic rings. The van der Waals surface area contributed by atoms with Crippen LogP contribution in [0.2, 0.25) is 0 Å². The minimum absolute atomic E-state index is 0.0745. The van der Waals surface area contributed by atoms with Gasteiger partial charge < -0.3 is 14.2 Å². The summed E-state index contributed by atoms with van der Waals surface area (Å²) in [4.78, 5) is 37.9. The third-order valence-corrected chi connectivity index (χ3v) is 13.2. The fraction of sp³-hybridized carbons (Fsp3) is 0.769. The van der Waals surface area contributed by atoms with Crippen molar-refractivity contribution in [3.05, 3.63) is 72.9 Å². The molecule has 0 aromatic carbocycles. The van der Waals surface area contributed by atoms with Gasteiger partial charge in [-0.3, -0.25) is 14.4 Å². The van der Waals surface area contributed by atoms with Crippen molar-refractivity contribution < 1.29 is 28.6 Å². The smallest absolute Gasteiger partial charge is 0.306 e. The summed E-state index contributed by atoms with van der Waals surface area (Å²) in [5.41, 5.74) is 0. The van der Waals surface area contributed by atoms with E-state index in [1.165, 1.54) is 167 Å². The van der Waals surface area contributed by atoms with Crippen LogP contribution in [0.3, 0.4) is 0 Å². The Balaban J connectivity index is 3.98. The highest BCUT2D eigenvalue weighted by Gasteiger charge is 2.19. The molecule has 0 aromatic heterocycles. The van der Waals surface area contributed by atoms with Gasteiger partial charge in [0, 0.05) is 19.3 Å². The molecule has 0 saturated heterocycles. The van der Waals surface area contributed by atoms with E-state index in [4.69, 9.17) is 14.2 Å². The second-order valence-corrected chi connectivity index (χ2v) is 20.2. The van der Waals surface area contributed by atoms with Gasteiger partial charge in [0.05, 0.1) is 0 Å². The van der Waals surface area contributed by atoms with E-state index in [1.54, 1.807) is 0 Å². The highest BCUT2D eigenvalue weighted by Crippen LogP contribution is 2.16. The minimum Gasteiger partial charge on any atom is -0.462 e. The summed E-state index contributed by atoms with van der Waals surface area (Å²) in [7, 11) is 0. The molecule has 0 amide bonds. The van der Waals surface area contributed by atoms with Gasteiger partial charge in [0.1, 0.15) is 13.2 Å². The summed E-state index contributed by atoms with van der Waals surface area (Å²) >= 11 is 0. The van der Waals surface area contributed by atoms with Crippen molar-refractivity contribution in [3.63, 3.8) is 0 Å². The number of ether oxygens (including phenoxy) is 3. The van der Waals surface area contributed by atoms with Crippen molar-refractivity contribution in [2.75, 3.05) is 13.2 Å². The number of hydrogen-bond donors (Lipinski definition) is 0. The van der Waals surface area contributed by atoms with Crippen molar-refractivity contribution in [2.45, 2.75) is 309 Å². The Labute approximate surface area is 440 Å². The van der Waals surface area contributed by atoms with E-state index in [0.29, 0.717) is 19.3 Å². The Morgan fingerprint density at radius 3 is 0.887 bits per heavy atom. The topological polar surface area (TPSA) is 78.9 Å². The maximum Gasteiger partial charge on any atom is 0.306 e. The molecule has 0 fully saturated rings. The summed E-state index contributed by atoms with van der Waals surface area (Å²) in [6.07, 6.45) is 76.6. The molecule has 0 N–H and O–H groups in total. The van der Waals surface area contributed by atoms with Gasteiger partial charge in [-0.1, -0.05) is 267 Å². The maximum absolute atomic E-state index is 12.8. The van der Waals surface area contributed by atoms with E-state index >= 15 is 0 Å². The molecule has 0 aliphatic rings. The van der Waals surface area contributed by atoms with Crippen molar-refractivity contribution in [1.29, 1.82) is 0 Å². The Kier molecular flexibility index (Phi) is 56.8. The summed E-state index contributed by atoms with van der Waals surface area (Å²) in [5.74, 6) is -0.880. The second-order valence-electron chi connectivity index (χ2n) is 20.2. The largest absolute Gasteiger partial charge is 0.462 e. The highest BCUT2D eigenvalue weighted by atomic mass is 16.6. The summed E-state index contributed by atoms with van der Waals surface area (Å²) in [6.45, 7) is 6.48. The number of carbonyl (C=O) groups is 3. The van der Waals surface area contributed by atoms with Crippen molar-refractivity contribution >= 4 is 17.9 Å². The van der Waals surface area contributed by atoms with E-state index < -0.39 is 6.10 Å². The van der Waals surface area contributed by atoms with Gasteiger partial charge in [-0.25, -0.2) is 0 Å². The van der Waals surface area contributed by atoms with Crippen LogP contribution in [0.1, 0.15) is 303 Å². The summed E-state index contributed by atoms with van der Waals surface area (Å²) < 4.78 is 16.8. The van der Waals surface area contributed by atoms with Gasteiger partial charge in [-0.15, -0.1) is 0 Å². The van der Waals surface area contributed by atoms with Crippen LogP contribution in [0.15, 0.2) is 72.9 Å². The van der Waals surface area contributed by atoms with Gasteiger partial charge in [0.2, 0.25) is 0 Å². The zero-order valence-electron chi connectivity index (χ0n) is 47.0. The van der Waals surface area contributed by atoms with E-state index in [2.05, 4.69) is 93.7 Å². The number of esters is 3. The van der Waals surface area contributed by atoms with Crippen LogP contribution in [0.25, 0.3) is 0 Å². The van der Waals surface area contributed by atoms with Crippen LogP contribution in [0.5, 0.6) is 0 Å². The molecule has 6 nitrogen and oxygen atoms in total. The molecule has 0 heterocycles. The van der Waals surface area contributed by atoms with Gasteiger partial charge in [0.25, 0.3) is 0 Å². The van der Waals surface area contributed by atoms with E-state index in [-0.39, 0.29) is 31.1 Å². The normalized spacial score (nSPS) is 12.5. The standard InChI is InChI=1S/C65H114O6/c1-4-7-10-13-16-18-20-22-23-24-25-26-27-28-29-30-31-32-33-34-35-36-37-38-39-40-41-43-44-46-49-52-55-58-64(67)70-61-62(60-69-63(66)57-54-51-48-15-12-9-6-3)71-65(68)59-56-53-50-47-45-42-21-19-17-14-11-8-5-2/h7,10,16,18-19,21-23,25-26,28-29,62H,4-6,8-9,11-15,17,20,24,27,30-61H2,1-3H3/b10-7-,18-16-,21-19-,23-22-,26-25-,29-28-. The number of carbonyl (C=O) groups excluding carboxylic acids is 3. The molecule has 0 saturated carbocycles. The van der Waals surface area contributed by atoms with Crippen LogP contribution < -0.4 is 0 Å². The van der Waals surface area contributed by atoms with Gasteiger partial charge in [0.15, 0.2) is 6.10 Å². The molecular formula is C65H114O6. The minimum atomic E-state index is -0.773. The summed E-state index contributed by atoms with van der Waals surface area (Å²) in [6, 6.07) is 0. The van der Waals surface area contributed by atoms with Crippen LogP contribution in [-0.4, -0.2) is 37.2 Å². The zero-order chi connectivity index (χ0) is 51.4. The first kappa shape index (κ1) is 67.8. The quantitative estimate of drug-likeness (QED) is 0.0261. The van der Waals surface area contributed by atoms with Crippen LogP contribution in [0, 0.1) is 0 Å². The van der Waals surface area contributed by atoms with E-state index in [1.807, 2.05) is 0 Å². The first-order valence-corrected chi connectivity index (χ1v) is 30.4. The molecule has 0 spiro atoms. The molecular weight excluding hydrogens is 877 g/mol. The molecule has 71 heavy (non-hydrogen) atoms. The number of rotatable bonds is 55. The van der Waals surface area contributed by atoms with Gasteiger partial charge >= 0.3 is 17.9 Å². The predicted molar refractivity (Wildman–Crippen MR) is 307 cm³/mol. The van der Waals surface area contributed by atoms with Crippen LogP contribution in [0.4, 0.5) is 0 Å². The molecule has 410 valence electrons. The molecule has 1 unspecified atom stereocenters. The zero-order valence-corrected chi connectivity index (χ0v) is 47.0. The average Bonchev–Trinajstić information content (AvgIpc) is 3.37. The lowest BCUT2D eigenvalue weighted by Crippen LogP contribution is -2.30. The van der Waals surface area contributed by atoms with Crippen LogP contribution >= 0.6 is 0 Å². The lowest BCUT2D eigenvalue weighted by molar-refractivity contribution is -0.167. The number of hydrogen-bond acceptors (Lipinski definition) is 6. The third-order valence-electron chi connectivity index (χ3n) is 13.2. The Morgan fingerprint density at radius 2 is 0.549 bits per heavy atom. The predicted octanol–water partition coefficient (Wildman–Crippen LogP) is 20.5. The fourth-order valence-corrected chi connectivity index (χ4v) is 8.64. The van der Waals surface area contributed by atoms with E-state index in [9.17, 15) is 14.4 Å². The number of unbranched alkanes of at least 4 members (excludes halogenated alkanes) is 32. The Hall–Kier alpha value is -3.15. The fourth-order valence-electron chi connectivity index (χ4n) is 8.64. The molecule has 0 rings (SSSR count). The first-order chi connectivity index (χ1) is 35.0. The SMILES string of the molecule is CC/C=C\C/C=C\C/C=C\C/C=C\C/C=C\CCCCCCCCCCCCCCCCCCCC(=O)OCC(COC(=O)CCCCCCCCC)OC(=O)CCCCCCC/C=C\CCCCCC. The molecule has 0 aliphatic heterocycles. The Morgan fingerprint density at radius 1 is 0.296 bits per heavy atom.